The van der Waals surface area contributed by atoms with Crippen molar-refractivity contribution in [1.82, 2.24) is 16.0 Å². The number of carbonyl (C=O) groups is 2. The third-order valence-corrected chi connectivity index (χ3v) is 3.60. The zero-order valence-electron chi connectivity index (χ0n) is 14.4. The summed E-state index contributed by atoms with van der Waals surface area (Å²) in [5.41, 5.74) is 2.01. The number of urea groups is 1. The van der Waals surface area contributed by atoms with Gasteiger partial charge in [0.05, 0.1) is 6.61 Å². The first kappa shape index (κ1) is 17.9. The highest BCUT2D eigenvalue weighted by Crippen LogP contribution is 2.35. The summed E-state index contributed by atoms with van der Waals surface area (Å²) in [7, 11) is 0. The summed E-state index contributed by atoms with van der Waals surface area (Å²) in [4.78, 5) is 22.6. The monoisotopic (exact) mass is 335 g/mol. The van der Waals surface area contributed by atoms with E-state index in [1.54, 1.807) is 0 Å². The van der Waals surface area contributed by atoms with Crippen LogP contribution >= 0.6 is 0 Å². The van der Waals surface area contributed by atoms with Gasteiger partial charge in [-0.25, -0.2) is 4.79 Å². The molecule has 7 nitrogen and oxygen atoms in total. The van der Waals surface area contributed by atoms with Gasteiger partial charge in [0, 0.05) is 44.1 Å². The van der Waals surface area contributed by atoms with Crippen LogP contribution in [0.15, 0.2) is 12.1 Å². The topological polar surface area (TPSA) is 88.7 Å². The Morgan fingerprint density at radius 3 is 2.71 bits per heavy atom. The number of nitrogens with one attached hydrogen (secondary N) is 3. The molecule has 132 valence electrons. The van der Waals surface area contributed by atoms with Crippen molar-refractivity contribution in [3.05, 3.63) is 23.3 Å². The first-order valence-electron chi connectivity index (χ1n) is 8.21. The van der Waals surface area contributed by atoms with Crippen LogP contribution in [0.25, 0.3) is 0 Å². The van der Waals surface area contributed by atoms with E-state index in [0.29, 0.717) is 26.2 Å². The minimum absolute atomic E-state index is 0.120. The summed E-state index contributed by atoms with van der Waals surface area (Å²) >= 11 is 0. The Hall–Kier alpha value is -2.44. The van der Waals surface area contributed by atoms with Gasteiger partial charge in [-0.3, -0.25) is 4.79 Å². The van der Waals surface area contributed by atoms with Gasteiger partial charge in [-0.2, -0.15) is 0 Å². The second-order valence-corrected chi connectivity index (χ2v) is 5.73. The van der Waals surface area contributed by atoms with Crippen LogP contribution in [0, 0.1) is 0 Å². The molecule has 0 aliphatic carbocycles. The fourth-order valence-electron chi connectivity index (χ4n) is 2.56. The molecule has 0 aromatic heterocycles. The minimum atomic E-state index is -0.294. The molecular weight excluding hydrogens is 310 g/mol. The minimum Gasteiger partial charge on any atom is -0.494 e. The maximum absolute atomic E-state index is 11.8. The average Bonchev–Trinajstić information content (AvgIpc) is 2.88. The summed E-state index contributed by atoms with van der Waals surface area (Å²) in [5, 5.41) is 8.09. The van der Waals surface area contributed by atoms with Gasteiger partial charge in [0.1, 0.15) is 17.6 Å². The van der Waals surface area contributed by atoms with E-state index in [1.165, 1.54) is 6.92 Å². The van der Waals surface area contributed by atoms with E-state index < -0.39 is 0 Å². The van der Waals surface area contributed by atoms with Crippen LogP contribution in [-0.2, 0) is 17.8 Å². The molecule has 0 radical (unpaired) electrons. The standard InChI is InChI=1S/C17H25N3O4/c1-4-23-15-8-13-7-11(2)24-16(13)9-14(15)10-20-17(22)19-6-5-18-12(3)21/h8-9,11H,4-7,10H2,1-3H3,(H,18,21)(H2,19,20,22)/t11-/m1/s1. The van der Waals surface area contributed by atoms with Crippen molar-refractivity contribution in [3.8, 4) is 11.5 Å². The Balaban J connectivity index is 1.90. The number of benzene rings is 1. The molecule has 2 rings (SSSR count). The highest BCUT2D eigenvalue weighted by molar-refractivity contribution is 5.74. The number of amides is 3. The van der Waals surface area contributed by atoms with Gasteiger partial charge < -0.3 is 25.4 Å². The number of carbonyl (C=O) groups excluding carboxylic acids is 2. The van der Waals surface area contributed by atoms with Crippen LogP contribution in [0.2, 0.25) is 0 Å². The van der Waals surface area contributed by atoms with Crippen LogP contribution in [0.4, 0.5) is 4.79 Å². The molecule has 24 heavy (non-hydrogen) atoms. The Labute approximate surface area is 142 Å². The van der Waals surface area contributed by atoms with Crippen molar-refractivity contribution in [2.45, 2.75) is 39.8 Å². The zero-order valence-corrected chi connectivity index (χ0v) is 14.4. The molecule has 1 heterocycles. The number of hydrogen-bond acceptors (Lipinski definition) is 4. The third kappa shape index (κ3) is 5.04. The molecule has 3 amide bonds. The highest BCUT2D eigenvalue weighted by Gasteiger charge is 2.21. The summed E-state index contributed by atoms with van der Waals surface area (Å²) in [6, 6.07) is 3.63. The number of hydrogen-bond donors (Lipinski definition) is 3. The first-order valence-corrected chi connectivity index (χ1v) is 8.21. The van der Waals surface area contributed by atoms with Gasteiger partial charge in [-0.15, -0.1) is 0 Å². The molecule has 0 saturated heterocycles. The molecular formula is C17H25N3O4. The zero-order chi connectivity index (χ0) is 17.5. The van der Waals surface area contributed by atoms with E-state index in [9.17, 15) is 9.59 Å². The maximum atomic E-state index is 11.8. The lowest BCUT2D eigenvalue weighted by molar-refractivity contribution is -0.118. The number of rotatable bonds is 7. The predicted molar refractivity (Wildman–Crippen MR) is 90.3 cm³/mol. The molecule has 3 N–H and O–H groups in total. The van der Waals surface area contributed by atoms with Crippen LogP contribution in [0.5, 0.6) is 11.5 Å². The molecule has 7 heteroatoms. The quantitative estimate of drug-likeness (QED) is 0.656. The van der Waals surface area contributed by atoms with Gasteiger partial charge in [0.15, 0.2) is 0 Å². The molecule has 0 bridgehead atoms. The van der Waals surface area contributed by atoms with Gasteiger partial charge >= 0.3 is 6.03 Å². The largest absolute Gasteiger partial charge is 0.494 e. The number of ether oxygens (including phenoxy) is 2. The summed E-state index contributed by atoms with van der Waals surface area (Å²) in [6.07, 6.45) is 1.03. The predicted octanol–water partition coefficient (Wildman–Crippen LogP) is 1.34. The van der Waals surface area contributed by atoms with Gasteiger partial charge in [-0.1, -0.05) is 0 Å². The molecule has 0 spiro atoms. The van der Waals surface area contributed by atoms with Crippen molar-refractivity contribution < 1.29 is 19.1 Å². The van der Waals surface area contributed by atoms with Crippen molar-refractivity contribution in [2.75, 3.05) is 19.7 Å². The maximum Gasteiger partial charge on any atom is 0.315 e. The summed E-state index contributed by atoms with van der Waals surface area (Å²) < 4.78 is 11.4. The van der Waals surface area contributed by atoms with Crippen molar-refractivity contribution >= 4 is 11.9 Å². The van der Waals surface area contributed by atoms with E-state index in [-0.39, 0.29) is 18.0 Å². The molecule has 0 fully saturated rings. The lowest BCUT2D eigenvalue weighted by Gasteiger charge is -2.14. The van der Waals surface area contributed by atoms with E-state index in [0.717, 1.165) is 29.0 Å². The normalized spacial score (nSPS) is 15.2. The molecule has 0 saturated carbocycles. The van der Waals surface area contributed by atoms with Crippen LogP contribution in [0.1, 0.15) is 31.9 Å². The second kappa shape index (κ2) is 8.42. The number of fused-ring (bicyclic) bond motifs is 1. The lowest BCUT2D eigenvalue weighted by atomic mass is 10.1. The van der Waals surface area contributed by atoms with Crippen LogP contribution < -0.4 is 25.4 Å². The second-order valence-electron chi connectivity index (χ2n) is 5.73. The Morgan fingerprint density at radius 2 is 2.00 bits per heavy atom. The SMILES string of the molecule is CCOc1cc2c(cc1CNC(=O)NCCNC(C)=O)O[C@H](C)C2. The van der Waals surface area contributed by atoms with E-state index in [4.69, 9.17) is 9.47 Å². The summed E-state index contributed by atoms with van der Waals surface area (Å²) in [6.45, 7) is 7.06. The molecule has 1 aliphatic heterocycles. The van der Waals surface area contributed by atoms with Gasteiger partial charge in [0.2, 0.25) is 5.91 Å². The Kier molecular flexibility index (Phi) is 6.28. The average molecular weight is 335 g/mol. The Morgan fingerprint density at radius 1 is 1.25 bits per heavy atom. The highest BCUT2D eigenvalue weighted by atomic mass is 16.5. The van der Waals surface area contributed by atoms with Crippen molar-refractivity contribution in [1.29, 1.82) is 0 Å². The molecule has 1 aromatic rings. The molecule has 1 atom stereocenters. The fraction of sp³-hybridized carbons (Fsp3) is 0.529. The van der Waals surface area contributed by atoms with Crippen LogP contribution in [0.3, 0.4) is 0 Å². The smallest absolute Gasteiger partial charge is 0.315 e. The fourth-order valence-corrected chi connectivity index (χ4v) is 2.56. The van der Waals surface area contributed by atoms with E-state index >= 15 is 0 Å². The van der Waals surface area contributed by atoms with Crippen molar-refractivity contribution in [2.24, 2.45) is 0 Å². The lowest BCUT2D eigenvalue weighted by Crippen LogP contribution is -2.39. The van der Waals surface area contributed by atoms with E-state index in [1.807, 2.05) is 26.0 Å². The molecule has 1 aliphatic rings. The van der Waals surface area contributed by atoms with E-state index in [2.05, 4.69) is 16.0 Å². The van der Waals surface area contributed by atoms with Crippen molar-refractivity contribution in [3.63, 3.8) is 0 Å². The summed E-state index contributed by atoms with van der Waals surface area (Å²) in [5.74, 6) is 1.51. The third-order valence-electron chi connectivity index (χ3n) is 3.60. The van der Waals surface area contributed by atoms with Gasteiger partial charge in [0.25, 0.3) is 0 Å². The van der Waals surface area contributed by atoms with Gasteiger partial charge in [-0.05, 0) is 26.0 Å². The Bertz CT molecular complexity index is 604. The molecule has 0 unspecified atom stereocenters. The van der Waals surface area contributed by atoms with Crippen LogP contribution in [-0.4, -0.2) is 37.7 Å². The molecule has 1 aromatic carbocycles. The first-order chi connectivity index (χ1) is 11.5.